The van der Waals surface area contributed by atoms with Gasteiger partial charge in [-0.1, -0.05) is 28.4 Å². The molecule has 0 aliphatic heterocycles. The zero-order valence-electron chi connectivity index (χ0n) is 9.92. The van der Waals surface area contributed by atoms with Crippen LogP contribution < -0.4 is 0 Å². The number of halogens is 2. The van der Waals surface area contributed by atoms with Gasteiger partial charge >= 0.3 is 5.97 Å². The molecule has 100 valence electrons. The van der Waals surface area contributed by atoms with Crippen molar-refractivity contribution in [3.63, 3.8) is 0 Å². The van der Waals surface area contributed by atoms with Gasteiger partial charge in [0.25, 0.3) is 0 Å². The van der Waals surface area contributed by atoms with Crippen molar-refractivity contribution in [1.29, 1.82) is 0 Å². The first-order chi connectivity index (χ1) is 9.56. The molecular formula is C13H7Cl2N3O2. The molecule has 0 radical (unpaired) electrons. The lowest BCUT2D eigenvalue weighted by molar-refractivity contribution is 0.0697. The van der Waals surface area contributed by atoms with Gasteiger partial charge in [0.2, 0.25) is 0 Å². The molecule has 0 aliphatic carbocycles. The first-order valence-corrected chi connectivity index (χ1v) is 6.36. The number of rotatable bonds is 2. The summed E-state index contributed by atoms with van der Waals surface area (Å²) in [5.74, 6) is -1.01. The third kappa shape index (κ3) is 2.11. The predicted octanol–water partition coefficient (Wildman–Crippen LogP) is 3.43. The number of hydrogen-bond acceptors (Lipinski definition) is 3. The molecule has 2 aromatic carbocycles. The first kappa shape index (κ1) is 12.9. The average Bonchev–Trinajstić information content (AvgIpc) is 2.84. The molecule has 0 saturated heterocycles. The standard InChI is InChI=1S/C13H7Cl2N3O2/c14-9-3-2-8(6-10(9)15)18-12-5-7(13(19)20)1-4-11(12)16-17-18/h1-6H,(H,19,20). The summed E-state index contributed by atoms with van der Waals surface area (Å²) in [6, 6.07) is 9.63. The van der Waals surface area contributed by atoms with Crippen molar-refractivity contribution in [2.24, 2.45) is 0 Å². The normalized spacial score (nSPS) is 10.9. The van der Waals surface area contributed by atoms with E-state index >= 15 is 0 Å². The van der Waals surface area contributed by atoms with Gasteiger partial charge in [0, 0.05) is 0 Å². The Labute approximate surface area is 123 Å². The summed E-state index contributed by atoms with van der Waals surface area (Å²) >= 11 is 11.8. The molecule has 7 heteroatoms. The molecule has 0 saturated carbocycles. The monoisotopic (exact) mass is 307 g/mol. The molecule has 3 rings (SSSR count). The van der Waals surface area contributed by atoms with Crippen LogP contribution in [-0.2, 0) is 0 Å². The minimum atomic E-state index is -1.01. The number of carbonyl (C=O) groups is 1. The van der Waals surface area contributed by atoms with Crippen LogP contribution in [0.2, 0.25) is 10.0 Å². The number of nitrogens with zero attached hydrogens (tertiary/aromatic N) is 3. The average molecular weight is 308 g/mol. The molecule has 0 amide bonds. The van der Waals surface area contributed by atoms with Crippen molar-refractivity contribution in [2.45, 2.75) is 0 Å². The Kier molecular flexibility index (Phi) is 3.08. The number of hydrogen-bond donors (Lipinski definition) is 1. The molecule has 3 aromatic rings. The van der Waals surface area contributed by atoms with Gasteiger partial charge in [-0.2, -0.15) is 0 Å². The Hall–Kier alpha value is -2.11. The predicted molar refractivity (Wildman–Crippen MR) is 75.8 cm³/mol. The topological polar surface area (TPSA) is 68.0 Å². The zero-order valence-corrected chi connectivity index (χ0v) is 11.4. The van der Waals surface area contributed by atoms with E-state index in [0.29, 0.717) is 26.8 Å². The Morgan fingerprint density at radius 1 is 1.10 bits per heavy atom. The highest BCUT2D eigenvalue weighted by Crippen LogP contribution is 2.26. The van der Waals surface area contributed by atoms with Crippen LogP contribution in [0.3, 0.4) is 0 Å². The smallest absolute Gasteiger partial charge is 0.335 e. The summed E-state index contributed by atoms with van der Waals surface area (Å²) in [7, 11) is 0. The van der Waals surface area contributed by atoms with E-state index in [1.807, 2.05) is 0 Å². The van der Waals surface area contributed by atoms with Gasteiger partial charge in [-0.15, -0.1) is 5.10 Å². The fourth-order valence-corrected chi connectivity index (χ4v) is 2.15. The first-order valence-electron chi connectivity index (χ1n) is 5.60. The Bertz CT molecular complexity index is 830. The Morgan fingerprint density at radius 3 is 2.60 bits per heavy atom. The largest absolute Gasteiger partial charge is 0.478 e. The van der Waals surface area contributed by atoms with Crippen LogP contribution in [0.1, 0.15) is 10.4 Å². The molecular weight excluding hydrogens is 301 g/mol. The van der Waals surface area contributed by atoms with E-state index in [2.05, 4.69) is 10.3 Å². The quantitative estimate of drug-likeness (QED) is 0.787. The van der Waals surface area contributed by atoms with Gasteiger partial charge in [0.05, 0.1) is 26.8 Å². The maximum atomic E-state index is 11.0. The minimum Gasteiger partial charge on any atom is -0.478 e. The fourth-order valence-electron chi connectivity index (χ4n) is 1.86. The molecule has 1 N–H and O–H groups in total. The van der Waals surface area contributed by atoms with E-state index in [4.69, 9.17) is 28.3 Å². The van der Waals surface area contributed by atoms with Crippen molar-refractivity contribution < 1.29 is 9.90 Å². The molecule has 0 aliphatic rings. The third-order valence-corrected chi connectivity index (χ3v) is 3.58. The van der Waals surface area contributed by atoms with Crippen molar-refractivity contribution in [3.05, 3.63) is 52.0 Å². The number of aromatic carboxylic acids is 1. The van der Waals surface area contributed by atoms with Crippen LogP contribution in [0, 0.1) is 0 Å². The Morgan fingerprint density at radius 2 is 1.90 bits per heavy atom. The second-order valence-electron chi connectivity index (χ2n) is 4.11. The second-order valence-corrected chi connectivity index (χ2v) is 4.92. The van der Waals surface area contributed by atoms with Gasteiger partial charge in [-0.05, 0) is 36.4 Å². The van der Waals surface area contributed by atoms with E-state index < -0.39 is 5.97 Å². The highest BCUT2D eigenvalue weighted by Gasteiger charge is 2.11. The van der Waals surface area contributed by atoms with Crippen molar-refractivity contribution in [2.75, 3.05) is 0 Å². The molecule has 0 unspecified atom stereocenters. The molecule has 5 nitrogen and oxygen atoms in total. The van der Waals surface area contributed by atoms with E-state index in [9.17, 15) is 4.79 Å². The van der Waals surface area contributed by atoms with E-state index in [1.54, 1.807) is 24.3 Å². The minimum absolute atomic E-state index is 0.168. The van der Waals surface area contributed by atoms with Gasteiger partial charge in [-0.25, -0.2) is 9.48 Å². The molecule has 20 heavy (non-hydrogen) atoms. The molecule has 1 heterocycles. The summed E-state index contributed by atoms with van der Waals surface area (Å²) in [4.78, 5) is 11.0. The summed E-state index contributed by atoms with van der Waals surface area (Å²) in [5, 5.41) is 17.9. The van der Waals surface area contributed by atoms with Crippen LogP contribution in [0.4, 0.5) is 0 Å². The van der Waals surface area contributed by atoms with Gasteiger partial charge in [-0.3, -0.25) is 0 Å². The van der Waals surface area contributed by atoms with Crippen LogP contribution in [-0.4, -0.2) is 26.1 Å². The van der Waals surface area contributed by atoms with Gasteiger partial charge in [0.1, 0.15) is 5.52 Å². The highest BCUT2D eigenvalue weighted by atomic mass is 35.5. The van der Waals surface area contributed by atoms with Crippen LogP contribution in [0.5, 0.6) is 0 Å². The van der Waals surface area contributed by atoms with Crippen LogP contribution in [0.15, 0.2) is 36.4 Å². The zero-order chi connectivity index (χ0) is 14.3. The SMILES string of the molecule is O=C(O)c1ccc2nnn(-c3ccc(Cl)c(Cl)c3)c2c1. The maximum absolute atomic E-state index is 11.0. The maximum Gasteiger partial charge on any atom is 0.335 e. The van der Waals surface area contributed by atoms with Gasteiger partial charge < -0.3 is 5.11 Å². The Balaban J connectivity index is 2.22. The van der Waals surface area contributed by atoms with Crippen molar-refractivity contribution in [1.82, 2.24) is 15.0 Å². The molecule has 0 bridgehead atoms. The molecule has 1 aromatic heterocycles. The number of carboxylic acid groups (broad SMARTS) is 1. The fraction of sp³-hybridized carbons (Fsp3) is 0. The summed E-state index contributed by atoms with van der Waals surface area (Å²) < 4.78 is 1.52. The third-order valence-electron chi connectivity index (χ3n) is 2.84. The number of fused-ring (bicyclic) bond motifs is 1. The van der Waals surface area contributed by atoms with Crippen molar-refractivity contribution >= 4 is 40.2 Å². The van der Waals surface area contributed by atoms with E-state index in [0.717, 1.165) is 0 Å². The van der Waals surface area contributed by atoms with E-state index in [-0.39, 0.29) is 5.56 Å². The van der Waals surface area contributed by atoms with E-state index in [1.165, 1.54) is 16.8 Å². The molecule has 0 spiro atoms. The lowest BCUT2D eigenvalue weighted by atomic mass is 10.2. The lowest BCUT2D eigenvalue weighted by Gasteiger charge is -2.04. The number of aromatic nitrogens is 3. The second kappa shape index (κ2) is 4.77. The van der Waals surface area contributed by atoms with Crippen LogP contribution in [0.25, 0.3) is 16.7 Å². The highest BCUT2D eigenvalue weighted by molar-refractivity contribution is 6.42. The molecule has 0 atom stereocenters. The van der Waals surface area contributed by atoms with Crippen molar-refractivity contribution in [3.8, 4) is 5.69 Å². The summed E-state index contributed by atoms with van der Waals surface area (Å²) in [6.07, 6.45) is 0. The summed E-state index contributed by atoms with van der Waals surface area (Å²) in [6.45, 7) is 0. The number of benzene rings is 2. The number of carboxylic acids is 1. The van der Waals surface area contributed by atoms with Gasteiger partial charge in [0.15, 0.2) is 0 Å². The molecule has 0 fully saturated rings. The lowest BCUT2D eigenvalue weighted by Crippen LogP contribution is -1.99. The van der Waals surface area contributed by atoms with Crippen LogP contribution >= 0.6 is 23.2 Å². The summed E-state index contributed by atoms with van der Waals surface area (Å²) in [5.41, 5.74) is 2.01.